The number of hydrogen-bond donors (Lipinski definition) is 2. The second-order valence-electron chi connectivity index (χ2n) is 4.80. The maximum absolute atomic E-state index is 12.6. The highest BCUT2D eigenvalue weighted by molar-refractivity contribution is 5.69. The van der Waals surface area contributed by atoms with Crippen LogP contribution in [0.2, 0.25) is 0 Å². The zero-order valence-corrected chi connectivity index (χ0v) is 10.5. The fraction of sp³-hybridized carbons (Fsp3) is 0.538. The molecule has 6 heteroatoms. The van der Waals surface area contributed by atoms with Crippen molar-refractivity contribution in [2.75, 3.05) is 23.8 Å². The van der Waals surface area contributed by atoms with Gasteiger partial charge in [-0.2, -0.15) is 13.2 Å². The first kappa shape index (κ1) is 14.0. The minimum absolute atomic E-state index is 0.0134. The van der Waals surface area contributed by atoms with Crippen molar-refractivity contribution >= 4 is 11.4 Å². The number of benzene rings is 1. The van der Waals surface area contributed by atoms with E-state index < -0.39 is 11.7 Å². The molecular weight excluding hydrogens is 257 g/mol. The Morgan fingerprint density at radius 2 is 2.05 bits per heavy atom. The van der Waals surface area contributed by atoms with E-state index in [1.807, 2.05) is 4.90 Å². The van der Waals surface area contributed by atoms with Crippen molar-refractivity contribution in [3.63, 3.8) is 0 Å². The molecule has 1 aliphatic rings. The van der Waals surface area contributed by atoms with Crippen LogP contribution in [-0.2, 0) is 6.18 Å². The molecule has 0 bridgehead atoms. The van der Waals surface area contributed by atoms with E-state index in [-0.39, 0.29) is 18.3 Å². The summed E-state index contributed by atoms with van der Waals surface area (Å²) in [6, 6.07) is 3.33. The van der Waals surface area contributed by atoms with Gasteiger partial charge in [0.05, 0.1) is 29.6 Å². The van der Waals surface area contributed by atoms with Gasteiger partial charge in [-0.1, -0.05) is 0 Å². The molecule has 0 amide bonds. The van der Waals surface area contributed by atoms with Gasteiger partial charge in [0.25, 0.3) is 0 Å². The topological polar surface area (TPSA) is 49.5 Å². The lowest BCUT2D eigenvalue weighted by molar-refractivity contribution is -0.137. The summed E-state index contributed by atoms with van der Waals surface area (Å²) in [6.07, 6.45) is -1.58. The number of halogens is 3. The molecule has 1 aromatic rings. The van der Waals surface area contributed by atoms with Gasteiger partial charge in [-0.3, -0.25) is 0 Å². The van der Waals surface area contributed by atoms with E-state index in [4.69, 9.17) is 5.73 Å². The first-order valence-corrected chi connectivity index (χ1v) is 6.27. The minimum Gasteiger partial charge on any atom is -0.397 e. The smallest absolute Gasteiger partial charge is 0.397 e. The molecule has 0 aromatic heterocycles. The largest absolute Gasteiger partial charge is 0.416 e. The maximum Gasteiger partial charge on any atom is 0.416 e. The highest BCUT2D eigenvalue weighted by Crippen LogP contribution is 2.35. The third-order valence-electron chi connectivity index (χ3n) is 3.50. The van der Waals surface area contributed by atoms with E-state index >= 15 is 0 Å². The summed E-state index contributed by atoms with van der Waals surface area (Å²) in [7, 11) is 0. The molecule has 3 nitrogen and oxygen atoms in total. The lowest BCUT2D eigenvalue weighted by Gasteiger charge is -2.37. The summed E-state index contributed by atoms with van der Waals surface area (Å²) < 4.78 is 37.7. The molecule has 0 radical (unpaired) electrons. The molecule has 1 saturated heterocycles. The molecule has 1 heterocycles. The van der Waals surface area contributed by atoms with Gasteiger partial charge in [-0.15, -0.1) is 0 Å². The molecular formula is C13H17F3N2O. The minimum atomic E-state index is -4.38. The van der Waals surface area contributed by atoms with E-state index in [0.29, 0.717) is 12.2 Å². The summed E-state index contributed by atoms with van der Waals surface area (Å²) in [5.74, 6) is 0. The van der Waals surface area contributed by atoms with Crippen LogP contribution in [0.3, 0.4) is 0 Å². The Labute approximate surface area is 109 Å². The van der Waals surface area contributed by atoms with Crippen molar-refractivity contribution in [3.8, 4) is 0 Å². The lowest BCUT2D eigenvalue weighted by Crippen LogP contribution is -2.42. The van der Waals surface area contributed by atoms with Crippen LogP contribution in [0.25, 0.3) is 0 Å². The Morgan fingerprint density at radius 1 is 1.32 bits per heavy atom. The quantitative estimate of drug-likeness (QED) is 0.815. The molecule has 19 heavy (non-hydrogen) atoms. The van der Waals surface area contributed by atoms with E-state index in [2.05, 4.69) is 0 Å². The molecule has 106 valence electrons. The van der Waals surface area contributed by atoms with Gasteiger partial charge in [0.2, 0.25) is 0 Å². The first-order chi connectivity index (χ1) is 8.93. The zero-order valence-electron chi connectivity index (χ0n) is 10.5. The van der Waals surface area contributed by atoms with Crippen LogP contribution < -0.4 is 10.6 Å². The van der Waals surface area contributed by atoms with Crippen molar-refractivity contribution in [3.05, 3.63) is 23.8 Å². The van der Waals surface area contributed by atoms with Gasteiger partial charge in [-0.05, 0) is 37.5 Å². The molecule has 3 N–H and O–H groups in total. The number of aliphatic hydroxyl groups excluding tert-OH is 1. The Hall–Kier alpha value is -1.43. The average molecular weight is 274 g/mol. The van der Waals surface area contributed by atoms with E-state index in [0.717, 1.165) is 31.4 Å². The number of anilines is 2. The molecule has 0 saturated carbocycles. The molecule has 1 aromatic carbocycles. The third-order valence-corrected chi connectivity index (χ3v) is 3.50. The molecule has 1 aliphatic heterocycles. The summed E-state index contributed by atoms with van der Waals surface area (Å²) in [6.45, 7) is 0.696. The van der Waals surface area contributed by atoms with Crippen LogP contribution in [-0.4, -0.2) is 24.3 Å². The predicted molar refractivity (Wildman–Crippen MR) is 67.9 cm³/mol. The monoisotopic (exact) mass is 274 g/mol. The van der Waals surface area contributed by atoms with Gasteiger partial charge in [-0.25, -0.2) is 0 Å². The number of piperidine rings is 1. The fourth-order valence-corrected chi connectivity index (χ4v) is 2.50. The standard InChI is InChI=1S/C13H17F3N2O/c14-13(15,16)9-4-5-12(11(17)7-9)18-6-2-1-3-10(18)8-19/h4-5,7,10,19H,1-3,6,8,17H2. The van der Waals surface area contributed by atoms with Gasteiger partial charge in [0, 0.05) is 6.54 Å². The van der Waals surface area contributed by atoms with Gasteiger partial charge in [0.1, 0.15) is 0 Å². The Morgan fingerprint density at radius 3 is 2.63 bits per heavy atom. The number of aliphatic hydroxyl groups is 1. The zero-order chi connectivity index (χ0) is 14.0. The van der Waals surface area contributed by atoms with Crippen LogP contribution in [0.4, 0.5) is 24.5 Å². The maximum atomic E-state index is 12.6. The molecule has 1 unspecified atom stereocenters. The van der Waals surface area contributed by atoms with Crippen molar-refractivity contribution in [2.45, 2.75) is 31.5 Å². The summed E-state index contributed by atoms with van der Waals surface area (Å²) in [5.41, 5.74) is 5.68. The number of hydrogen-bond acceptors (Lipinski definition) is 3. The van der Waals surface area contributed by atoms with Gasteiger partial charge in [0.15, 0.2) is 0 Å². The molecule has 2 rings (SSSR count). The van der Waals surface area contributed by atoms with Crippen LogP contribution >= 0.6 is 0 Å². The first-order valence-electron chi connectivity index (χ1n) is 6.27. The normalized spacial score (nSPS) is 20.6. The summed E-state index contributed by atoms with van der Waals surface area (Å²) in [5, 5.41) is 9.34. The van der Waals surface area contributed by atoms with Crippen molar-refractivity contribution in [2.24, 2.45) is 0 Å². The van der Waals surface area contributed by atoms with E-state index in [1.54, 1.807) is 0 Å². The summed E-state index contributed by atoms with van der Waals surface area (Å²) in [4.78, 5) is 1.90. The Kier molecular flexibility index (Phi) is 3.89. The predicted octanol–water partition coefficient (Wildman–Crippen LogP) is 2.64. The second kappa shape index (κ2) is 5.28. The van der Waals surface area contributed by atoms with E-state index in [1.165, 1.54) is 6.07 Å². The number of rotatable bonds is 2. The highest BCUT2D eigenvalue weighted by Gasteiger charge is 2.32. The summed E-state index contributed by atoms with van der Waals surface area (Å²) >= 11 is 0. The Bertz CT molecular complexity index is 448. The average Bonchev–Trinajstić information content (AvgIpc) is 2.37. The molecule has 1 atom stereocenters. The Balaban J connectivity index is 2.30. The number of alkyl halides is 3. The van der Waals surface area contributed by atoms with Crippen LogP contribution in [0.5, 0.6) is 0 Å². The molecule has 0 spiro atoms. The van der Waals surface area contributed by atoms with Crippen molar-refractivity contribution in [1.29, 1.82) is 0 Å². The number of nitrogens with zero attached hydrogens (tertiary/aromatic N) is 1. The number of nitrogens with two attached hydrogens (primary N) is 1. The van der Waals surface area contributed by atoms with Gasteiger partial charge < -0.3 is 15.7 Å². The molecule has 0 aliphatic carbocycles. The van der Waals surface area contributed by atoms with Crippen molar-refractivity contribution in [1.82, 2.24) is 0 Å². The van der Waals surface area contributed by atoms with Crippen molar-refractivity contribution < 1.29 is 18.3 Å². The van der Waals surface area contributed by atoms with Gasteiger partial charge >= 0.3 is 6.18 Å². The SMILES string of the molecule is Nc1cc(C(F)(F)F)ccc1N1CCCCC1CO. The highest BCUT2D eigenvalue weighted by atomic mass is 19.4. The van der Waals surface area contributed by atoms with Crippen LogP contribution in [0.1, 0.15) is 24.8 Å². The fourth-order valence-electron chi connectivity index (χ4n) is 2.50. The van der Waals surface area contributed by atoms with Crippen LogP contribution in [0.15, 0.2) is 18.2 Å². The molecule has 1 fully saturated rings. The van der Waals surface area contributed by atoms with E-state index in [9.17, 15) is 18.3 Å². The number of nitrogen functional groups attached to an aromatic ring is 1. The van der Waals surface area contributed by atoms with Crippen LogP contribution in [0, 0.1) is 0 Å². The lowest BCUT2D eigenvalue weighted by atomic mass is 10.0. The second-order valence-corrected chi connectivity index (χ2v) is 4.80. The third kappa shape index (κ3) is 2.94.